The van der Waals surface area contributed by atoms with E-state index in [-0.39, 0.29) is 36.2 Å². The summed E-state index contributed by atoms with van der Waals surface area (Å²) in [5.74, 6) is -0.600. The highest BCUT2D eigenvalue weighted by Crippen LogP contribution is 2.29. The standard InChI is InChI=1S/C26H35N5O4/c1-30-11-8-22(9-12-30)35-26(34)31-17-19(13-18-5-3-2-4-6-18)14-23(31)25(33)29-21(16-27)15-20-7-10-28-24(20)32/h2-6,19-23H,7-15,17H2,1H3,(H,28,32)(H,29,33)/t19-,20+,21+,23+/m1/s1. The number of nitriles is 1. The summed E-state index contributed by atoms with van der Waals surface area (Å²) in [5.41, 5.74) is 1.16. The molecule has 0 spiro atoms. The van der Waals surface area contributed by atoms with E-state index in [1.54, 1.807) is 0 Å². The zero-order valence-electron chi connectivity index (χ0n) is 20.3. The molecular weight excluding hydrogens is 446 g/mol. The van der Waals surface area contributed by atoms with Gasteiger partial charge < -0.3 is 20.3 Å². The first-order valence-corrected chi connectivity index (χ1v) is 12.6. The molecule has 2 N–H and O–H groups in total. The first-order valence-electron chi connectivity index (χ1n) is 12.6. The number of nitrogens with zero attached hydrogens (tertiary/aromatic N) is 3. The van der Waals surface area contributed by atoms with Crippen molar-refractivity contribution < 1.29 is 19.1 Å². The van der Waals surface area contributed by atoms with Crippen molar-refractivity contribution in [1.82, 2.24) is 20.4 Å². The van der Waals surface area contributed by atoms with Gasteiger partial charge in [0.1, 0.15) is 18.2 Å². The Hall–Kier alpha value is -3.12. The first-order chi connectivity index (χ1) is 16.9. The van der Waals surface area contributed by atoms with Crippen molar-refractivity contribution in [2.75, 3.05) is 33.2 Å². The Balaban J connectivity index is 1.42. The summed E-state index contributed by atoms with van der Waals surface area (Å²) in [7, 11) is 2.05. The molecule has 0 unspecified atom stereocenters. The molecular formula is C26H35N5O4. The highest BCUT2D eigenvalue weighted by atomic mass is 16.6. The number of hydrogen-bond acceptors (Lipinski definition) is 6. The normalized spacial score (nSPS) is 26.1. The van der Waals surface area contributed by atoms with Gasteiger partial charge in [0, 0.05) is 32.1 Å². The van der Waals surface area contributed by atoms with E-state index in [1.807, 2.05) is 37.4 Å². The molecule has 3 heterocycles. The van der Waals surface area contributed by atoms with Crippen molar-refractivity contribution in [3.05, 3.63) is 35.9 Å². The van der Waals surface area contributed by atoms with Crippen LogP contribution in [0.25, 0.3) is 0 Å². The summed E-state index contributed by atoms with van der Waals surface area (Å²) < 4.78 is 5.82. The van der Waals surface area contributed by atoms with Gasteiger partial charge in [-0.05, 0) is 57.1 Å². The molecule has 1 aromatic carbocycles. The van der Waals surface area contributed by atoms with Crippen LogP contribution < -0.4 is 10.6 Å². The number of carbonyl (C=O) groups excluding carboxylic acids is 3. The Morgan fingerprint density at radius 1 is 1.23 bits per heavy atom. The number of amides is 3. The van der Waals surface area contributed by atoms with Gasteiger partial charge in [0.2, 0.25) is 11.8 Å². The SMILES string of the molecule is CN1CCC(OC(=O)N2C[C@H](Cc3ccccc3)C[C@H]2C(=O)N[C@H](C#N)C[C@@H]2CCNC2=O)CC1. The number of piperidine rings is 1. The van der Waals surface area contributed by atoms with Crippen LogP contribution in [0.5, 0.6) is 0 Å². The molecule has 3 amide bonds. The monoisotopic (exact) mass is 481 g/mol. The number of hydrogen-bond donors (Lipinski definition) is 2. The lowest BCUT2D eigenvalue weighted by Crippen LogP contribution is -2.50. The lowest BCUT2D eigenvalue weighted by atomic mass is 9.96. The van der Waals surface area contributed by atoms with Gasteiger partial charge in [-0.25, -0.2) is 4.79 Å². The van der Waals surface area contributed by atoms with Crippen molar-refractivity contribution in [2.45, 2.75) is 56.7 Å². The van der Waals surface area contributed by atoms with Crippen LogP contribution in [-0.4, -0.2) is 79.1 Å². The second-order valence-electron chi connectivity index (χ2n) is 10.0. The molecule has 4 atom stereocenters. The average molecular weight is 482 g/mol. The van der Waals surface area contributed by atoms with E-state index in [2.05, 4.69) is 21.6 Å². The molecule has 1 aromatic rings. The number of rotatable bonds is 7. The molecule has 0 aliphatic carbocycles. The van der Waals surface area contributed by atoms with Gasteiger partial charge in [0.15, 0.2) is 0 Å². The molecule has 188 valence electrons. The number of ether oxygens (including phenoxy) is 1. The summed E-state index contributed by atoms with van der Waals surface area (Å²) in [6.07, 6.45) is 3.14. The Labute approximate surface area is 206 Å². The summed E-state index contributed by atoms with van der Waals surface area (Å²) >= 11 is 0. The molecule has 35 heavy (non-hydrogen) atoms. The largest absolute Gasteiger partial charge is 0.446 e. The molecule has 3 saturated heterocycles. The van der Waals surface area contributed by atoms with Crippen molar-refractivity contribution in [3.63, 3.8) is 0 Å². The van der Waals surface area contributed by atoms with Gasteiger partial charge >= 0.3 is 6.09 Å². The minimum Gasteiger partial charge on any atom is -0.446 e. The van der Waals surface area contributed by atoms with Gasteiger partial charge in [-0.15, -0.1) is 0 Å². The average Bonchev–Trinajstić information content (AvgIpc) is 3.47. The van der Waals surface area contributed by atoms with Crippen molar-refractivity contribution in [1.29, 1.82) is 5.26 Å². The first kappa shape index (κ1) is 25.0. The third-order valence-corrected chi connectivity index (χ3v) is 7.38. The quantitative estimate of drug-likeness (QED) is 0.613. The summed E-state index contributed by atoms with van der Waals surface area (Å²) in [5, 5.41) is 15.2. The molecule has 0 bridgehead atoms. The molecule has 9 heteroatoms. The summed E-state index contributed by atoms with van der Waals surface area (Å²) in [6, 6.07) is 10.7. The molecule has 3 aliphatic rings. The number of likely N-dealkylation sites (tertiary alicyclic amines) is 2. The predicted molar refractivity (Wildman–Crippen MR) is 129 cm³/mol. The highest BCUT2D eigenvalue weighted by molar-refractivity contribution is 5.87. The Morgan fingerprint density at radius 2 is 1.97 bits per heavy atom. The van der Waals surface area contributed by atoms with E-state index in [0.29, 0.717) is 25.9 Å². The third kappa shape index (κ3) is 6.51. The molecule has 3 aliphatic heterocycles. The van der Waals surface area contributed by atoms with Crippen molar-refractivity contribution >= 4 is 17.9 Å². The number of nitrogens with one attached hydrogen (secondary N) is 2. The molecule has 0 aromatic heterocycles. The molecule has 0 radical (unpaired) electrons. The van der Waals surface area contributed by atoms with Crippen LogP contribution in [0.4, 0.5) is 4.79 Å². The van der Waals surface area contributed by atoms with Crippen molar-refractivity contribution in [3.8, 4) is 6.07 Å². The third-order valence-electron chi connectivity index (χ3n) is 7.38. The van der Waals surface area contributed by atoms with Gasteiger partial charge in [0.05, 0.1) is 6.07 Å². The van der Waals surface area contributed by atoms with Crippen LogP contribution in [-0.2, 0) is 20.7 Å². The fourth-order valence-electron chi connectivity index (χ4n) is 5.35. The van der Waals surface area contributed by atoms with Gasteiger partial charge in [-0.3, -0.25) is 14.5 Å². The second kappa shape index (κ2) is 11.5. The van der Waals surface area contributed by atoms with Crippen LogP contribution in [0.15, 0.2) is 30.3 Å². The van der Waals surface area contributed by atoms with Crippen LogP contribution in [0.2, 0.25) is 0 Å². The zero-order valence-corrected chi connectivity index (χ0v) is 20.3. The Bertz CT molecular complexity index is 941. The topological polar surface area (TPSA) is 115 Å². The van der Waals surface area contributed by atoms with E-state index >= 15 is 0 Å². The maximum atomic E-state index is 13.3. The van der Waals surface area contributed by atoms with E-state index < -0.39 is 18.2 Å². The van der Waals surface area contributed by atoms with Gasteiger partial charge in [-0.2, -0.15) is 5.26 Å². The van der Waals surface area contributed by atoms with Crippen LogP contribution in [0, 0.1) is 23.2 Å². The summed E-state index contributed by atoms with van der Waals surface area (Å²) in [6.45, 7) is 2.77. The molecule has 4 rings (SSSR count). The van der Waals surface area contributed by atoms with Crippen LogP contribution in [0.1, 0.15) is 37.7 Å². The van der Waals surface area contributed by atoms with Crippen LogP contribution in [0.3, 0.4) is 0 Å². The summed E-state index contributed by atoms with van der Waals surface area (Å²) in [4.78, 5) is 42.2. The molecule has 0 saturated carbocycles. The van der Waals surface area contributed by atoms with E-state index in [1.165, 1.54) is 4.90 Å². The number of carbonyl (C=O) groups is 3. The van der Waals surface area contributed by atoms with E-state index in [0.717, 1.165) is 37.9 Å². The minimum atomic E-state index is -0.781. The molecule has 9 nitrogen and oxygen atoms in total. The number of benzene rings is 1. The van der Waals surface area contributed by atoms with Gasteiger partial charge in [0.25, 0.3) is 0 Å². The lowest BCUT2D eigenvalue weighted by Gasteiger charge is -2.31. The maximum Gasteiger partial charge on any atom is 0.410 e. The molecule has 3 fully saturated rings. The van der Waals surface area contributed by atoms with Crippen LogP contribution >= 0.6 is 0 Å². The minimum absolute atomic E-state index is 0.0772. The fraction of sp³-hybridized carbons (Fsp3) is 0.615. The zero-order chi connectivity index (χ0) is 24.8. The van der Waals surface area contributed by atoms with E-state index in [9.17, 15) is 19.6 Å². The van der Waals surface area contributed by atoms with Crippen molar-refractivity contribution in [2.24, 2.45) is 11.8 Å². The smallest absolute Gasteiger partial charge is 0.410 e. The van der Waals surface area contributed by atoms with Gasteiger partial charge in [-0.1, -0.05) is 30.3 Å². The fourth-order valence-corrected chi connectivity index (χ4v) is 5.35. The Morgan fingerprint density at radius 3 is 2.63 bits per heavy atom. The highest BCUT2D eigenvalue weighted by Gasteiger charge is 2.42. The second-order valence-corrected chi connectivity index (χ2v) is 10.0. The lowest BCUT2D eigenvalue weighted by molar-refractivity contribution is -0.126. The maximum absolute atomic E-state index is 13.3. The Kier molecular flexibility index (Phi) is 8.24. The predicted octanol–water partition coefficient (Wildman–Crippen LogP) is 1.68. The van der Waals surface area contributed by atoms with E-state index in [4.69, 9.17) is 4.74 Å².